The van der Waals surface area contributed by atoms with Crippen LogP contribution in [0.3, 0.4) is 0 Å². The second-order valence-corrected chi connectivity index (χ2v) is 3.47. The van der Waals surface area contributed by atoms with Crippen molar-refractivity contribution >= 4 is 5.91 Å². The molecule has 0 aliphatic rings. The molecule has 0 aliphatic heterocycles. The molecule has 15 heavy (non-hydrogen) atoms. The molecule has 1 amide bonds. The van der Waals surface area contributed by atoms with Crippen molar-refractivity contribution in [3.05, 3.63) is 34.2 Å². The highest BCUT2D eigenvalue weighted by molar-refractivity contribution is 5.75. The van der Waals surface area contributed by atoms with E-state index in [1.807, 2.05) is 6.07 Å². The van der Waals surface area contributed by atoms with E-state index in [0.717, 1.165) is 5.56 Å². The van der Waals surface area contributed by atoms with E-state index in [9.17, 15) is 9.59 Å². The van der Waals surface area contributed by atoms with E-state index in [1.54, 1.807) is 30.8 Å². The molecule has 1 heterocycles. The van der Waals surface area contributed by atoms with Crippen molar-refractivity contribution < 1.29 is 4.79 Å². The maximum atomic E-state index is 11.6. The molecule has 4 nitrogen and oxygen atoms in total. The van der Waals surface area contributed by atoms with Gasteiger partial charge < -0.3 is 9.88 Å². The molecule has 0 aromatic carbocycles. The van der Waals surface area contributed by atoms with E-state index >= 15 is 0 Å². The number of aromatic nitrogens is 1. The highest BCUT2D eigenvalue weighted by atomic mass is 16.1. The van der Waals surface area contributed by atoms with Gasteiger partial charge in [0.05, 0.1) is 0 Å². The lowest BCUT2D eigenvalue weighted by Gasteiger charge is -2.05. The predicted octanol–water partition coefficient (Wildman–Crippen LogP) is 0.683. The highest BCUT2D eigenvalue weighted by Crippen LogP contribution is 1.94. The molecule has 82 valence electrons. The standard InChI is InChI=1S/C11H16N2O2/c1-9-5-3-7-13(11(9)15)8-4-6-10(14)12-2/h3,5,7H,4,6,8H2,1-2H3,(H,12,14). The number of rotatable bonds is 4. The van der Waals surface area contributed by atoms with Crippen LogP contribution in [0.15, 0.2) is 23.1 Å². The van der Waals surface area contributed by atoms with Crippen LogP contribution in [0.5, 0.6) is 0 Å². The normalized spacial score (nSPS) is 10.0. The van der Waals surface area contributed by atoms with Crippen molar-refractivity contribution in [3.8, 4) is 0 Å². The number of nitrogens with one attached hydrogen (secondary N) is 1. The molecule has 1 N–H and O–H groups in total. The number of nitrogens with zero attached hydrogens (tertiary/aromatic N) is 1. The SMILES string of the molecule is CNC(=O)CCCn1cccc(C)c1=O. The molecule has 0 aliphatic carbocycles. The molecular weight excluding hydrogens is 192 g/mol. The summed E-state index contributed by atoms with van der Waals surface area (Å²) >= 11 is 0. The lowest BCUT2D eigenvalue weighted by molar-refractivity contribution is -0.120. The zero-order chi connectivity index (χ0) is 11.3. The molecular formula is C11H16N2O2. The molecule has 0 spiro atoms. The monoisotopic (exact) mass is 208 g/mol. The molecule has 0 saturated heterocycles. The molecule has 1 aromatic rings. The molecule has 0 atom stereocenters. The van der Waals surface area contributed by atoms with Crippen molar-refractivity contribution in [2.45, 2.75) is 26.3 Å². The van der Waals surface area contributed by atoms with Crippen LogP contribution >= 0.6 is 0 Å². The van der Waals surface area contributed by atoms with Gasteiger partial charge in [-0.1, -0.05) is 6.07 Å². The number of aryl methyl sites for hydroxylation is 2. The fourth-order valence-corrected chi connectivity index (χ4v) is 1.37. The third kappa shape index (κ3) is 3.23. The van der Waals surface area contributed by atoms with Crippen LogP contribution in [-0.4, -0.2) is 17.5 Å². The first-order chi connectivity index (χ1) is 7.15. The lowest BCUT2D eigenvalue weighted by atomic mass is 10.2. The first-order valence-electron chi connectivity index (χ1n) is 5.02. The first-order valence-corrected chi connectivity index (χ1v) is 5.02. The number of pyridine rings is 1. The van der Waals surface area contributed by atoms with Gasteiger partial charge in [0.25, 0.3) is 5.56 Å². The van der Waals surface area contributed by atoms with E-state index in [1.165, 1.54) is 0 Å². The Hall–Kier alpha value is -1.58. The van der Waals surface area contributed by atoms with E-state index in [-0.39, 0.29) is 11.5 Å². The molecule has 1 rings (SSSR count). The van der Waals surface area contributed by atoms with Crippen LogP contribution in [-0.2, 0) is 11.3 Å². The Morgan fingerprint density at radius 1 is 1.53 bits per heavy atom. The van der Waals surface area contributed by atoms with Gasteiger partial charge in [0, 0.05) is 31.8 Å². The first kappa shape index (κ1) is 11.5. The average Bonchev–Trinajstić information content (AvgIpc) is 2.24. The molecule has 0 saturated carbocycles. The summed E-state index contributed by atoms with van der Waals surface area (Å²) < 4.78 is 1.64. The molecule has 4 heteroatoms. The second kappa shape index (κ2) is 5.34. The van der Waals surface area contributed by atoms with Gasteiger partial charge in [-0.15, -0.1) is 0 Å². The Bertz CT molecular complexity index is 396. The Balaban J connectivity index is 2.55. The van der Waals surface area contributed by atoms with Crippen LogP contribution in [0.1, 0.15) is 18.4 Å². The Morgan fingerprint density at radius 2 is 2.27 bits per heavy atom. The molecule has 0 bridgehead atoms. The quantitative estimate of drug-likeness (QED) is 0.791. The van der Waals surface area contributed by atoms with Crippen molar-refractivity contribution in [3.63, 3.8) is 0 Å². The van der Waals surface area contributed by atoms with Crippen LogP contribution in [0.2, 0.25) is 0 Å². The zero-order valence-corrected chi connectivity index (χ0v) is 9.12. The van der Waals surface area contributed by atoms with Gasteiger partial charge in [-0.25, -0.2) is 0 Å². The third-order valence-electron chi connectivity index (χ3n) is 2.29. The van der Waals surface area contributed by atoms with E-state index in [0.29, 0.717) is 19.4 Å². The highest BCUT2D eigenvalue weighted by Gasteiger charge is 2.00. The Kier molecular flexibility index (Phi) is 4.09. The summed E-state index contributed by atoms with van der Waals surface area (Å²) in [6.07, 6.45) is 2.89. The minimum absolute atomic E-state index is 0.00991. The molecule has 0 radical (unpaired) electrons. The number of hydrogen-bond donors (Lipinski definition) is 1. The van der Waals surface area contributed by atoms with Crippen LogP contribution in [0, 0.1) is 6.92 Å². The molecule has 1 aromatic heterocycles. The maximum absolute atomic E-state index is 11.6. The van der Waals surface area contributed by atoms with Gasteiger partial charge in [-0.05, 0) is 19.4 Å². The largest absolute Gasteiger partial charge is 0.359 e. The van der Waals surface area contributed by atoms with Gasteiger partial charge >= 0.3 is 0 Å². The summed E-state index contributed by atoms with van der Waals surface area (Å²) in [4.78, 5) is 22.5. The smallest absolute Gasteiger partial charge is 0.253 e. The number of carbonyl (C=O) groups excluding carboxylic acids is 1. The van der Waals surface area contributed by atoms with Gasteiger partial charge in [0.2, 0.25) is 5.91 Å². The van der Waals surface area contributed by atoms with Crippen molar-refractivity contribution in [2.75, 3.05) is 7.05 Å². The minimum atomic E-state index is 0.00991. The summed E-state index contributed by atoms with van der Waals surface area (Å²) in [6.45, 7) is 2.38. The summed E-state index contributed by atoms with van der Waals surface area (Å²) in [5.41, 5.74) is 0.756. The van der Waals surface area contributed by atoms with Crippen molar-refractivity contribution in [1.29, 1.82) is 0 Å². The third-order valence-corrected chi connectivity index (χ3v) is 2.29. The summed E-state index contributed by atoms with van der Waals surface area (Å²) in [5.74, 6) is 0.00991. The van der Waals surface area contributed by atoms with E-state index in [2.05, 4.69) is 5.32 Å². The summed E-state index contributed by atoms with van der Waals surface area (Å²) in [6, 6.07) is 3.63. The van der Waals surface area contributed by atoms with Crippen molar-refractivity contribution in [1.82, 2.24) is 9.88 Å². The van der Waals surface area contributed by atoms with Gasteiger partial charge in [-0.3, -0.25) is 9.59 Å². The maximum Gasteiger partial charge on any atom is 0.253 e. The predicted molar refractivity (Wildman–Crippen MR) is 58.7 cm³/mol. The van der Waals surface area contributed by atoms with Crippen LogP contribution in [0.4, 0.5) is 0 Å². The zero-order valence-electron chi connectivity index (χ0n) is 9.12. The second-order valence-electron chi connectivity index (χ2n) is 3.47. The molecule has 0 fully saturated rings. The van der Waals surface area contributed by atoms with E-state index < -0.39 is 0 Å². The van der Waals surface area contributed by atoms with E-state index in [4.69, 9.17) is 0 Å². The fourth-order valence-electron chi connectivity index (χ4n) is 1.37. The number of carbonyl (C=O) groups is 1. The summed E-state index contributed by atoms with van der Waals surface area (Å²) in [5, 5.41) is 2.55. The number of hydrogen-bond acceptors (Lipinski definition) is 2. The fraction of sp³-hybridized carbons (Fsp3) is 0.455. The lowest BCUT2D eigenvalue weighted by Crippen LogP contribution is -2.23. The summed E-state index contributed by atoms with van der Waals surface area (Å²) in [7, 11) is 1.61. The average molecular weight is 208 g/mol. The van der Waals surface area contributed by atoms with Gasteiger partial charge in [-0.2, -0.15) is 0 Å². The molecule has 0 unspecified atom stereocenters. The van der Waals surface area contributed by atoms with Gasteiger partial charge in [0.15, 0.2) is 0 Å². The van der Waals surface area contributed by atoms with Gasteiger partial charge in [0.1, 0.15) is 0 Å². The Morgan fingerprint density at radius 3 is 2.93 bits per heavy atom. The Labute approximate surface area is 88.9 Å². The van der Waals surface area contributed by atoms with Crippen LogP contribution in [0.25, 0.3) is 0 Å². The minimum Gasteiger partial charge on any atom is -0.359 e. The van der Waals surface area contributed by atoms with Crippen molar-refractivity contribution in [2.24, 2.45) is 0 Å². The number of amides is 1. The van der Waals surface area contributed by atoms with Crippen LogP contribution < -0.4 is 10.9 Å². The topological polar surface area (TPSA) is 51.1 Å².